The van der Waals surface area contributed by atoms with Gasteiger partial charge >= 0.3 is 0 Å². The van der Waals surface area contributed by atoms with Crippen molar-refractivity contribution >= 4 is 41.2 Å². The topological polar surface area (TPSA) is 115 Å². The summed E-state index contributed by atoms with van der Waals surface area (Å²) in [5, 5.41) is 14.8. The molecule has 2 fully saturated rings. The van der Waals surface area contributed by atoms with Gasteiger partial charge in [-0.3, -0.25) is 10.00 Å². The van der Waals surface area contributed by atoms with Crippen LogP contribution in [0.3, 0.4) is 0 Å². The Labute approximate surface area is 259 Å². The highest BCUT2D eigenvalue weighted by atomic mass is 32.2. The number of aromatic amines is 1. The monoisotopic (exact) mass is 607 g/mol. The number of ether oxygens (including phenoxy) is 1. The van der Waals surface area contributed by atoms with Crippen LogP contribution in [0.5, 0.6) is 5.75 Å². The van der Waals surface area contributed by atoms with Gasteiger partial charge in [0.1, 0.15) is 6.29 Å². The number of aryl methyl sites for hydroxylation is 1. The van der Waals surface area contributed by atoms with Crippen molar-refractivity contribution in [3.63, 3.8) is 0 Å². The summed E-state index contributed by atoms with van der Waals surface area (Å²) in [6.07, 6.45) is 5.34. The average Bonchev–Trinajstić information content (AvgIpc) is 3.66. The largest absolute Gasteiger partial charge is 0.487 e. The minimum atomic E-state index is -0.228. The van der Waals surface area contributed by atoms with E-state index in [0.717, 1.165) is 93.3 Å². The van der Waals surface area contributed by atoms with Crippen molar-refractivity contribution in [3.05, 3.63) is 36.0 Å². The Morgan fingerprint density at radius 2 is 1.86 bits per heavy atom. The molecule has 0 unspecified atom stereocenters. The number of anilines is 4. The molecular formula is C31H45N9O2S. The zero-order valence-corrected chi connectivity index (χ0v) is 26.7. The van der Waals surface area contributed by atoms with E-state index in [0.29, 0.717) is 35.7 Å². The smallest absolute Gasteiger partial charge is 0.205 e. The highest BCUT2D eigenvalue weighted by Gasteiger charge is 2.33. The van der Waals surface area contributed by atoms with Crippen LogP contribution in [-0.4, -0.2) is 103 Å². The van der Waals surface area contributed by atoms with E-state index in [1.807, 2.05) is 19.9 Å². The van der Waals surface area contributed by atoms with Crippen LogP contribution in [0.25, 0.3) is 0 Å². The fraction of sp³-hybridized carbons (Fsp3) is 0.548. The third-order valence-electron chi connectivity index (χ3n) is 8.16. The SMILES string of the molecule is CCOc1c(Nc2cc(C)[nH]n2)nc(Sc2ccc(NCC3(C=O)CCCC3)cc2)nc1N1CCN(CCN(C)C)CC1. The maximum absolute atomic E-state index is 11.7. The van der Waals surface area contributed by atoms with Gasteiger partial charge in [-0.2, -0.15) is 5.10 Å². The van der Waals surface area contributed by atoms with Crippen LogP contribution in [0.4, 0.5) is 23.1 Å². The number of H-pyrrole nitrogens is 1. The predicted molar refractivity (Wildman–Crippen MR) is 173 cm³/mol. The van der Waals surface area contributed by atoms with E-state index >= 15 is 0 Å². The van der Waals surface area contributed by atoms with E-state index in [2.05, 4.69) is 73.9 Å². The van der Waals surface area contributed by atoms with Crippen LogP contribution < -0.4 is 20.3 Å². The molecule has 1 aromatic carbocycles. The van der Waals surface area contributed by atoms with Crippen LogP contribution in [0.2, 0.25) is 0 Å². The lowest BCUT2D eigenvalue weighted by Crippen LogP contribution is -2.48. The van der Waals surface area contributed by atoms with Gasteiger partial charge in [0.15, 0.2) is 22.6 Å². The number of aromatic nitrogens is 4. The van der Waals surface area contributed by atoms with E-state index in [4.69, 9.17) is 14.7 Å². The summed E-state index contributed by atoms with van der Waals surface area (Å²) in [4.78, 5) is 29.8. The van der Waals surface area contributed by atoms with Crippen LogP contribution in [0.15, 0.2) is 40.4 Å². The number of nitrogens with one attached hydrogen (secondary N) is 3. The molecule has 12 heteroatoms. The second-order valence-electron chi connectivity index (χ2n) is 11.8. The molecule has 0 radical (unpaired) electrons. The summed E-state index contributed by atoms with van der Waals surface area (Å²) in [7, 11) is 4.23. The number of hydrogen-bond donors (Lipinski definition) is 3. The van der Waals surface area contributed by atoms with Gasteiger partial charge in [-0.25, -0.2) is 9.97 Å². The van der Waals surface area contributed by atoms with Crippen molar-refractivity contribution < 1.29 is 9.53 Å². The number of carbonyl (C=O) groups is 1. The quantitative estimate of drug-likeness (QED) is 0.176. The molecule has 0 spiro atoms. The zero-order valence-electron chi connectivity index (χ0n) is 25.9. The van der Waals surface area contributed by atoms with Gasteiger partial charge in [0.25, 0.3) is 0 Å². The molecule has 1 aliphatic carbocycles. The standard InChI is InChI=1S/C31H45N9O2S/c1-5-42-27-28(33-26-20-23(2)36-37-26)34-30(35-29(27)40-18-16-39(17-19-40)15-14-38(3)4)43-25-10-8-24(9-11-25)32-21-31(22-41)12-6-7-13-31/h8-11,20,22,32H,5-7,12-19,21H2,1-4H3,(H2,33,34,35,36,37). The Hall–Kier alpha value is -3.35. The summed E-state index contributed by atoms with van der Waals surface area (Å²) >= 11 is 1.52. The first-order chi connectivity index (χ1) is 20.9. The molecule has 232 valence electrons. The van der Waals surface area contributed by atoms with Crippen LogP contribution in [0.1, 0.15) is 38.3 Å². The molecule has 2 aromatic heterocycles. The maximum Gasteiger partial charge on any atom is 0.205 e. The normalized spacial score (nSPS) is 16.9. The van der Waals surface area contributed by atoms with E-state index in [1.165, 1.54) is 11.8 Å². The van der Waals surface area contributed by atoms with Crippen molar-refractivity contribution in [2.24, 2.45) is 5.41 Å². The van der Waals surface area contributed by atoms with E-state index in [-0.39, 0.29) is 5.41 Å². The van der Waals surface area contributed by atoms with Gasteiger partial charge in [-0.15, -0.1) is 0 Å². The summed E-state index contributed by atoms with van der Waals surface area (Å²) in [5.74, 6) is 2.73. The average molecular weight is 608 g/mol. The molecular weight excluding hydrogens is 562 g/mol. The molecule has 1 saturated carbocycles. The minimum absolute atomic E-state index is 0.228. The first-order valence-electron chi connectivity index (χ1n) is 15.3. The van der Waals surface area contributed by atoms with Crippen molar-refractivity contribution in [2.45, 2.75) is 49.6 Å². The molecule has 1 saturated heterocycles. The maximum atomic E-state index is 11.7. The molecule has 11 nitrogen and oxygen atoms in total. The molecule has 2 aliphatic rings. The molecule has 5 rings (SSSR count). The fourth-order valence-corrected chi connectivity index (χ4v) is 6.36. The van der Waals surface area contributed by atoms with Gasteiger partial charge in [-0.1, -0.05) is 12.8 Å². The number of hydrogen-bond acceptors (Lipinski definition) is 11. The lowest BCUT2D eigenvalue weighted by Gasteiger charge is -2.36. The molecule has 1 aliphatic heterocycles. The highest BCUT2D eigenvalue weighted by molar-refractivity contribution is 7.99. The molecule has 3 aromatic rings. The number of piperazine rings is 1. The predicted octanol–water partition coefficient (Wildman–Crippen LogP) is 4.66. The summed E-state index contributed by atoms with van der Waals surface area (Å²) < 4.78 is 6.18. The Morgan fingerprint density at radius 1 is 1.12 bits per heavy atom. The molecule has 0 bridgehead atoms. The summed E-state index contributed by atoms with van der Waals surface area (Å²) in [5.41, 5.74) is 1.74. The van der Waals surface area contributed by atoms with Crippen LogP contribution >= 0.6 is 11.8 Å². The highest BCUT2D eigenvalue weighted by Crippen LogP contribution is 2.39. The Balaban J connectivity index is 1.36. The Morgan fingerprint density at radius 3 is 2.49 bits per heavy atom. The van der Waals surface area contributed by atoms with E-state index < -0.39 is 0 Å². The number of rotatable bonds is 14. The number of likely N-dealkylation sites (N-methyl/N-ethyl adjacent to an activating group) is 1. The number of carbonyl (C=O) groups excluding carboxylic acids is 1. The van der Waals surface area contributed by atoms with Crippen molar-refractivity contribution in [3.8, 4) is 5.75 Å². The Kier molecular flexibility index (Phi) is 10.4. The minimum Gasteiger partial charge on any atom is -0.487 e. The van der Waals surface area contributed by atoms with Crippen molar-refractivity contribution in [1.82, 2.24) is 30.0 Å². The van der Waals surface area contributed by atoms with Gasteiger partial charge in [-0.05, 0) is 76.8 Å². The van der Waals surface area contributed by atoms with E-state index in [9.17, 15) is 4.79 Å². The number of aldehydes is 1. The van der Waals surface area contributed by atoms with Crippen LogP contribution in [-0.2, 0) is 4.79 Å². The molecule has 43 heavy (non-hydrogen) atoms. The summed E-state index contributed by atoms with van der Waals surface area (Å²) in [6.45, 7) is 10.9. The second kappa shape index (κ2) is 14.4. The first-order valence-corrected chi connectivity index (χ1v) is 16.1. The number of nitrogens with zero attached hydrogens (tertiary/aromatic N) is 6. The molecule has 3 N–H and O–H groups in total. The lowest BCUT2D eigenvalue weighted by atomic mass is 9.88. The third kappa shape index (κ3) is 8.18. The van der Waals surface area contributed by atoms with Gasteiger partial charge < -0.3 is 30.0 Å². The van der Waals surface area contributed by atoms with Gasteiger partial charge in [0.2, 0.25) is 5.75 Å². The molecule has 0 atom stereocenters. The third-order valence-corrected chi connectivity index (χ3v) is 9.03. The molecule has 3 heterocycles. The van der Waals surface area contributed by atoms with Crippen LogP contribution in [0, 0.1) is 12.3 Å². The molecule has 0 amide bonds. The summed E-state index contributed by atoms with van der Waals surface area (Å²) in [6, 6.07) is 10.2. The lowest BCUT2D eigenvalue weighted by molar-refractivity contribution is -0.115. The number of benzene rings is 1. The van der Waals surface area contributed by atoms with Gasteiger partial charge in [0.05, 0.1) is 6.61 Å². The van der Waals surface area contributed by atoms with Crippen molar-refractivity contribution in [1.29, 1.82) is 0 Å². The fourth-order valence-electron chi connectivity index (χ4n) is 5.61. The van der Waals surface area contributed by atoms with Crippen molar-refractivity contribution in [2.75, 3.05) is 82.0 Å². The van der Waals surface area contributed by atoms with E-state index in [1.54, 1.807) is 0 Å². The first kappa shape index (κ1) is 31.1. The van der Waals surface area contributed by atoms with Gasteiger partial charge in [0, 0.05) is 73.6 Å². The Bertz CT molecular complexity index is 1330. The second-order valence-corrected chi connectivity index (χ2v) is 12.8. The zero-order chi connectivity index (χ0) is 30.2.